The Morgan fingerprint density at radius 2 is 1.61 bits per heavy atom. The molecule has 0 aliphatic heterocycles. The molecule has 0 aliphatic rings. The summed E-state index contributed by atoms with van der Waals surface area (Å²) in [6.07, 6.45) is 1.15. The highest BCUT2D eigenvalue weighted by atomic mass is 28.4. The van der Waals surface area contributed by atoms with E-state index in [1.165, 1.54) is 0 Å². The molecule has 1 atom stereocenters. The Bertz CT molecular complexity index is 211. The normalized spacial score (nSPS) is 14.5. The molecule has 0 fully saturated rings. The molecule has 4 nitrogen and oxygen atoms in total. The van der Waals surface area contributed by atoms with Crippen LogP contribution in [0.4, 0.5) is 0 Å². The summed E-state index contributed by atoms with van der Waals surface area (Å²) in [6, 6.07) is 1.06. The summed E-state index contributed by atoms with van der Waals surface area (Å²) in [5.41, 5.74) is 0. The lowest BCUT2D eigenvalue weighted by molar-refractivity contribution is 0.231. The first kappa shape index (κ1) is 18.1. The standard InChI is InChI=1S/C13H32N2O2Si/c1-13(11-14(2)3)12-15(4)9-8-10-18(7,16-5)17-6/h13H,8-12H2,1-7H3. The van der Waals surface area contributed by atoms with Gasteiger partial charge in [-0.05, 0) is 52.6 Å². The van der Waals surface area contributed by atoms with Crippen LogP contribution in [0.3, 0.4) is 0 Å². The van der Waals surface area contributed by atoms with E-state index in [1.807, 2.05) is 0 Å². The van der Waals surface area contributed by atoms with Gasteiger partial charge in [-0.2, -0.15) is 0 Å². The Kier molecular flexibility index (Phi) is 9.07. The van der Waals surface area contributed by atoms with Gasteiger partial charge in [0.05, 0.1) is 0 Å². The molecule has 18 heavy (non-hydrogen) atoms. The van der Waals surface area contributed by atoms with Crippen LogP contribution >= 0.6 is 0 Å². The molecule has 5 heteroatoms. The van der Waals surface area contributed by atoms with Gasteiger partial charge in [0.25, 0.3) is 0 Å². The predicted octanol–water partition coefficient (Wildman–Crippen LogP) is 1.87. The maximum atomic E-state index is 5.49. The third-order valence-corrected chi connectivity index (χ3v) is 6.32. The fourth-order valence-electron chi connectivity index (χ4n) is 2.26. The average Bonchev–Trinajstić information content (AvgIpc) is 2.27. The third-order valence-electron chi connectivity index (χ3n) is 3.33. The second kappa shape index (κ2) is 9.04. The number of hydrogen-bond donors (Lipinski definition) is 0. The first-order valence-electron chi connectivity index (χ1n) is 6.76. The van der Waals surface area contributed by atoms with Gasteiger partial charge < -0.3 is 18.7 Å². The number of nitrogens with zero attached hydrogens (tertiary/aromatic N) is 2. The fraction of sp³-hybridized carbons (Fsp3) is 1.00. The van der Waals surface area contributed by atoms with Crippen molar-refractivity contribution in [3.8, 4) is 0 Å². The number of rotatable bonds is 10. The minimum Gasteiger partial charge on any atom is -0.398 e. The van der Waals surface area contributed by atoms with Crippen LogP contribution in [0.1, 0.15) is 13.3 Å². The zero-order chi connectivity index (χ0) is 14.2. The van der Waals surface area contributed by atoms with Gasteiger partial charge in [-0.25, -0.2) is 0 Å². The summed E-state index contributed by atoms with van der Waals surface area (Å²) in [6.45, 7) is 7.85. The summed E-state index contributed by atoms with van der Waals surface area (Å²) in [7, 11) is 8.12. The first-order chi connectivity index (χ1) is 8.33. The Labute approximate surface area is 114 Å². The van der Waals surface area contributed by atoms with Gasteiger partial charge >= 0.3 is 8.56 Å². The Hall–Kier alpha value is 0.0569. The average molecular weight is 276 g/mol. The van der Waals surface area contributed by atoms with Crippen molar-refractivity contribution in [2.45, 2.75) is 25.9 Å². The molecule has 0 spiro atoms. The van der Waals surface area contributed by atoms with Crippen molar-refractivity contribution in [1.29, 1.82) is 0 Å². The SMILES string of the molecule is CO[Si](C)(CCCN(C)CC(C)CN(C)C)OC. The van der Waals surface area contributed by atoms with Gasteiger partial charge in [0.15, 0.2) is 0 Å². The van der Waals surface area contributed by atoms with Crippen molar-refractivity contribution in [1.82, 2.24) is 9.80 Å². The van der Waals surface area contributed by atoms with Crippen molar-refractivity contribution >= 4 is 8.56 Å². The highest BCUT2D eigenvalue weighted by molar-refractivity contribution is 6.65. The first-order valence-corrected chi connectivity index (χ1v) is 9.29. The largest absolute Gasteiger partial charge is 0.398 e. The maximum absolute atomic E-state index is 5.49. The second-order valence-corrected chi connectivity index (χ2v) is 9.36. The lowest BCUT2D eigenvalue weighted by Gasteiger charge is -2.26. The molecule has 0 aromatic carbocycles. The monoisotopic (exact) mass is 276 g/mol. The van der Waals surface area contributed by atoms with Crippen LogP contribution in [0.15, 0.2) is 0 Å². The zero-order valence-corrected chi connectivity index (χ0v) is 14.3. The van der Waals surface area contributed by atoms with Crippen LogP contribution in [0, 0.1) is 5.92 Å². The van der Waals surface area contributed by atoms with E-state index in [2.05, 4.69) is 44.4 Å². The quantitative estimate of drug-likeness (QED) is 0.569. The molecule has 0 N–H and O–H groups in total. The smallest absolute Gasteiger partial charge is 0.334 e. The molecule has 0 saturated heterocycles. The van der Waals surface area contributed by atoms with Crippen molar-refractivity contribution in [3.05, 3.63) is 0 Å². The maximum Gasteiger partial charge on any atom is 0.334 e. The molecule has 0 rings (SSSR count). The Morgan fingerprint density at radius 1 is 1.06 bits per heavy atom. The van der Waals surface area contributed by atoms with E-state index in [9.17, 15) is 0 Å². The lowest BCUT2D eigenvalue weighted by Crippen LogP contribution is -2.37. The summed E-state index contributed by atoms with van der Waals surface area (Å²) < 4.78 is 11.0. The molecule has 0 aliphatic carbocycles. The van der Waals surface area contributed by atoms with E-state index in [4.69, 9.17) is 8.85 Å². The molecule has 0 radical (unpaired) electrons. The topological polar surface area (TPSA) is 24.9 Å². The van der Waals surface area contributed by atoms with E-state index < -0.39 is 8.56 Å². The molecule has 0 aromatic heterocycles. The van der Waals surface area contributed by atoms with Gasteiger partial charge in [-0.1, -0.05) is 6.92 Å². The van der Waals surface area contributed by atoms with E-state index >= 15 is 0 Å². The molecule has 0 heterocycles. The molecule has 0 saturated carbocycles. The van der Waals surface area contributed by atoms with Gasteiger partial charge in [0.2, 0.25) is 0 Å². The predicted molar refractivity (Wildman–Crippen MR) is 80.3 cm³/mol. The summed E-state index contributed by atoms with van der Waals surface area (Å²) >= 11 is 0. The van der Waals surface area contributed by atoms with Crippen LogP contribution in [-0.2, 0) is 8.85 Å². The lowest BCUT2D eigenvalue weighted by atomic mass is 10.1. The Morgan fingerprint density at radius 3 is 2.06 bits per heavy atom. The van der Waals surface area contributed by atoms with Crippen molar-refractivity contribution < 1.29 is 8.85 Å². The minimum absolute atomic E-state index is 0.707. The molecule has 1 unspecified atom stereocenters. The van der Waals surface area contributed by atoms with E-state index in [-0.39, 0.29) is 0 Å². The Balaban J connectivity index is 3.80. The number of hydrogen-bond acceptors (Lipinski definition) is 4. The second-order valence-electron chi connectivity index (χ2n) is 5.78. The highest BCUT2D eigenvalue weighted by Gasteiger charge is 2.27. The van der Waals surface area contributed by atoms with Gasteiger partial charge in [0.1, 0.15) is 0 Å². The molecular weight excluding hydrogens is 244 g/mol. The van der Waals surface area contributed by atoms with Crippen LogP contribution < -0.4 is 0 Å². The third kappa shape index (κ3) is 8.21. The van der Waals surface area contributed by atoms with Crippen molar-refractivity contribution in [2.75, 3.05) is 55.0 Å². The van der Waals surface area contributed by atoms with Crippen LogP contribution in [-0.4, -0.2) is 73.4 Å². The van der Waals surface area contributed by atoms with E-state index in [0.717, 1.165) is 32.1 Å². The molecule has 0 bridgehead atoms. The summed E-state index contributed by atoms with van der Waals surface area (Å²) in [5.74, 6) is 0.707. The van der Waals surface area contributed by atoms with E-state index in [0.29, 0.717) is 5.92 Å². The van der Waals surface area contributed by atoms with Crippen LogP contribution in [0.25, 0.3) is 0 Å². The van der Waals surface area contributed by atoms with Crippen LogP contribution in [0.5, 0.6) is 0 Å². The molecule has 0 aromatic rings. The molecule has 110 valence electrons. The highest BCUT2D eigenvalue weighted by Crippen LogP contribution is 2.14. The van der Waals surface area contributed by atoms with Gasteiger partial charge in [0, 0.05) is 27.3 Å². The van der Waals surface area contributed by atoms with Gasteiger partial charge in [-0.15, -0.1) is 0 Å². The van der Waals surface area contributed by atoms with Crippen molar-refractivity contribution in [3.63, 3.8) is 0 Å². The summed E-state index contributed by atoms with van der Waals surface area (Å²) in [4.78, 5) is 4.66. The zero-order valence-electron chi connectivity index (χ0n) is 13.3. The van der Waals surface area contributed by atoms with Crippen molar-refractivity contribution in [2.24, 2.45) is 5.92 Å². The summed E-state index contributed by atoms with van der Waals surface area (Å²) in [5, 5.41) is 0. The van der Waals surface area contributed by atoms with Gasteiger partial charge in [-0.3, -0.25) is 0 Å². The van der Waals surface area contributed by atoms with Crippen LogP contribution in [0.2, 0.25) is 12.6 Å². The molecule has 0 amide bonds. The molecular formula is C13H32N2O2Si. The minimum atomic E-state index is -1.87. The van der Waals surface area contributed by atoms with E-state index in [1.54, 1.807) is 14.2 Å². The fourth-order valence-corrected chi connectivity index (χ4v) is 3.64.